The maximum Gasteiger partial charge on any atom is 0.263 e. The van der Waals surface area contributed by atoms with Crippen molar-refractivity contribution in [3.05, 3.63) is 39.0 Å². The lowest BCUT2D eigenvalue weighted by Crippen LogP contribution is -2.24. The van der Waals surface area contributed by atoms with E-state index in [0.29, 0.717) is 34.3 Å². The third-order valence-corrected chi connectivity index (χ3v) is 7.08. The first-order valence-corrected chi connectivity index (χ1v) is 11.8. The van der Waals surface area contributed by atoms with Crippen molar-refractivity contribution in [1.29, 1.82) is 0 Å². The molecule has 1 amide bonds. The highest BCUT2D eigenvalue weighted by molar-refractivity contribution is 7.99. The number of methoxy groups -OCH3 is 2. The molecule has 0 aliphatic carbocycles. The molecule has 0 saturated carbocycles. The molecule has 0 unspecified atom stereocenters. The maximum atomic E-state index is 13.2. The zero-order valence-electron chi connectivity index (χ0n) is 18.4. The number of unbranched alkanes of at least 4 members (excludes halogenated alkanes) is 1. The molecule has 0 bridgehead atoms. The summed E-state index contributed by atoms with van der Waals surface area (Å²) < 4.78 is 12.2. The number of nitrogens with one attached hydrogen (secondary N) is 1. The Morgan fingerprint density at radius 3 is 2.71 bits per heavy atom. The van der Waals surface area contributed by atoms with Crippen LogP contribution in [0.4, 0.5) is 5.69 Å². The van der Waals surface area contributed by atoms with Crippen LogP contribution in [0.5, 0.6) is 11.5 Å². The van der Waals surface area contributed by atoms with E-state index in [-0.39, 0.29) is 17.2 Å². The van der Waals surface area contributed by atoms with Gasteiger partial charge in [0.15, 0.2) is 5.16 Å². The third-order valence-electron chi connectivity index (χ3n) is 5.00. The van der Waals surface area contributed by atoms with Crippen molar-refractivity contribution in [2.24, 2.45) is 0 Å². The van der Waals surface area contributed by atoms with Crippen LogP contribution in [0.25, 0.3) is 10.2 Å². The fourth-order valence-electron chi connectivity index (χ4n) is 3.15. The number of thioether (sulfide) groups is 1. The first-order valence-electron chi connectivity index (χ1n) is 10.0. The molecule has 0 radical (unpaired) electrons. The van der Waals surface area contributed by atoms with Gasteiger partial charge in [-0.25, -0.2) is 4.98 Å². The lowest BCUT2D eigenvalue weighted by atomic mass is 10.2. The van der Waals surface area contributed by atoms with Gasteiger partial charge in [0.25, 0.3) is 5.56 Å². The molecular weight excluding hydrogens is 434 g/mol. The second kappa shape index (κ2) is 10.2. The number of rotatable bonds is 9. The number of nitrogens with zero attached hydrogens (tertiary/aromatic N) is 2. The van der Waals surface area contributed by atoms with Crippen LogP contribution in [0, 0.1) is 13.8 Å². The van der Waals surface area contributed by atoms with E-state index in [1.807, 2.05) is 13.8 Å². The van der Waals surface area contributed by atoms with E-state index in [1.165, 1.54) is 30.2 Å². The Kier molecular flexibility index (Phi) is 7.61. The van der Waals surface area contributed by atoms with Crippen LogP contribution >= 0.6 is 23.1 Å². The molecule has 31 heavy (non-hydrogen) atoms. The highest BCUT2D eigenvalue weighted by atomic mass is 32.2. The Labute approximate surface area is 189 Å². The SMILES string of the molecule is CCCCn1c(SCC(=O)Nc2ccc(OC)cc2OC)nc2sc(C)c(C)c2c1=O. The summed E-state index contributed by atoms with van der Waals surface area (Å²) in [4.78, 5) is 32.3. The smallest absolute Gasteiger partial charge is 0.263 e. The van der Waals surface area contributed by atoms with Gasteiger partial charge in [-0.05, 0) is 38.0 Å². The Hall–Kier alpha value is -2.52. The largest absolute Gasteiger partial charge is 0.497 e. The molecule has 2 aromatic heterocycles. The number of aromatic nitrogens is 2. The number of fused-ring (bicyclic) bond motifs is 1. The topological polar surface area (TPSA) is 82.5 Å². The summed E-state index contributed by atoms with van der Waals surface area (Å²) in [5.74, 6) is 1.08. The van der Waals surface area contributed by atoms with Gasteiger partial charge in [-0.15, -0.1) is 11.3 Å². The fraction of sp³-hybridized carbons (Fsp3) is 0.409. The number of anilines is 1. The van der Waals surface area contributed by atoms with Gasteiger partial charge in [0.1, 0.15) is 16.3 Å². The first-order chi connectivity index (χ1) is 14.9. The van der Waals surface area contributed by atoms with Gasteiger partial charge < -0.3 is 14.8 Å². The molecular formula is C22H27N3O4S2. The molecule has 0 aliphatic rings. The monoisotopic (exact) mass is 461 g/mol. The predicted octanol–water partition coefficient (Wildman–Crippen LogP) is 4.62. The van der Waals surface area contributed by atoms with Crippen LogP contribution in [0.3, 0.4) is 0 Å². The van der Waals surface area contributed by atoms with Gasteiger partial charge in [0.05, 0.1) is 31.0 Å². The second-order valence-electron chi connectivity index (χ2n) is 7.07. The molecule has 0 spiro atoms. The Morgan fingerprint density at radius 1 is 1.26 bits per heavy atom. The van der Waals surface area contributed by atoms with E-state index in [1.54, 1.807) is 29.9 Å². The van der Waals surface area contributed by atoms with Crippen molar-refractivity contribution in [3.8, 4) is 11.5 Å². The molecule has 0 atom stereocenters. The molecule has 3 rings (SSSR count). The van der Waals surface area contributed by atoms with E-state index in [2.05, 4.69) is 12.2 Å². The zero-order valence-corrected chi connectivity index (χ0v) is 20.0. The van der Waals surface area contributed by atoms with Crippen molar-refractivity contribution in [2.45, 2.75) is 45.3 Å². The Morgan fingerprint density at radius 2 is 2.03 bits per heavy atom. The first kappa shape index (κ1) is 23.1. The lowest BCUT2D eigenvalue weighted by Gasteiger charge is -2.13. The van der Waals surface area contributed by atoms with Gasteiger partial charge in [-0.3, -0.25) is 14.2 Å². The number of hydrogen-bond donors (Lipinski definition) is 1. The number of thiophene rings is 1. The molecule has 3 aromatic rings. The van der Waals surface area contributed by atoms with Gasteiger partial charge in [0.2, 0.25) is 5.91 Å². The molecule has 0 fully saturated rings. The summed E-state index contributed by atoms with van der Waals surface area (Å²) in [6.07, 6.45) is 1.84. The van der Waals surface area contributed by atoms with Crippen molar-refractivity contribution < 1.29 is 14.3 Å². The highest BCUT2D eigenvalue weighted by Crippen LogP contribution is 2.30. The van der Waals surface area contributed by atoms with Gasteiger partial charge in [-0.2, -0.15) is 0 Å². The summed E-state index contributed by atoms with van der Waals surface area (Å²) >= 11 is 2.79. The standard InChI is InChI=1S/C22H27N3O4S2/c1-6-7-10-25-21(27)19-13(2)14(3)31-20(19)24-22(25)30-12-18(26)23-16-9-8-15(28-4)11-17(16)29-5/h8-9,11H,6-7,10,12H2,1-5H3,(H,23,26). The van der Waals surface area contributed by atoms with Crippen LogP contribution in [0.15, 0.2) is 28.2 Å². The number of hydrogen-bond acceptors (Lipinski definition) is 7. The molecule has 1 aromatic carbocycles. The van der Waals surface area contributed by atoms with E-state index < -0.39 is 0 Å². The molecule has 2 heterocycles. The van der Waals surface area contributed by atoms with Crippen molar-refractivity contribution >= 4 is 44.9 Å². The normalized spacial score (nSPS) is 11.0. The van der Waals surface area contributed by atoms with Crippen LogP contribution in [-0.2, 0) is 11.3 Å². The molecule has 0 saturated heterocycles. The predicted molar refractivity (Wildman–Crippen MR) is 127 cm³/mol. The fourth-order valence-corrected chi connectivity index (χ4v) is 5.05. The third kappa shape index (κ3) is 5.04. The molecule has 1 N–H and O–H groups in total. The van der Waals surface area contributed by atoms with Crippen molar-refractivity contribution in [1.82, 2.24) is 9.55 Å². The number of carbonyl (C=O) groups is 1. The van der Waals surface area contributed by atoms with E-state index in [9.17, 15) is 9.59 Å². The Balaban J connectivity index is 1.83. The van der Waals surface area contributed by atoms with E-state index >= 15 is 0 Å². The average molecular weight is 462 g/mol. The molecule has 0 aliphatic heterocycles. The van der Waals surface area contributed by atoms with Crippen LogP contribution in [0.1, 0.15) is 30.2 Å². The number of amides is 1. The quantitative estimate of drug-likeness (QED) is 0.370. The van der Waals surface area contributed by atoms with Gasteiger partial charge in [0, 0.05) is 17.5 Å². The summed E-state index contributed by atoms with van der Waals surface area (Å²) in [6.45, 7) is 6.63. The highest BCUT2D eigenvalue weighted by Gasteiger charge is 2.18. The minimum Gasteiger partial charge on any atom is -0.497 e. The number of aryl methyl sites for hydroxylation is 2. The summed E-state index contributed by atoms with van der Waals surface area (Å²) in [5.41, 5.74) is 1.52. The summed E-state index contributed by atoms with van der Waals surface area (Å²) in [5, 5.41) is 4.12. The van der Waals surface area contributed by atoms with Crippen LogP contribution < -0.4 is 20.3 Å². The molecule has 9 heteroatoms. The second-order valence-corrected chi connectivity index (χ2v) is 9.22. The average Bonchev–Trinajstić information content (AvgIpc) is 3.05. The van der Waals surface area contributed by atoms with E-state index in [4.69, 9.17) is 14.5 Å². The van der Waals surface area contributed by atoms with Crippen LogP contribution in [-0.4, -0.2) is 35.4 Å². The summed E-state index contributed by atoms with van der Waals surface area (Å²) in [7, 11) is 3.11. The van der Waals surface area contributed by atoms with Crippen molar-refractivity contribution in [2.75, 3.05) is 25.3 Å². The van der Waals surface area contributed by atoms with E-state index in [0.717, 1.165) is 28.1 Å². The molecule has 166 valence electrons. The minimum absolute atomic E-state index is 0.0277. The Bertz CT molecular complexity index is 1150. The van der Waals surface area contributed by atoms with Crippen LogP contribution in [0.2, 0.25) is 0 Å². The van der Waals surface area contributed by atoms with Gasteiger partial charge in [-0.1, -0.05) is 25.1 Å². The van der Waals surface area contributed by atoms with Gasteiger partial charge >= 0.3 is 0 Å². The lowest BCUT2D eigenvalue weighted by molar-refractivity contribution is -0.113. The maximum absolute atomic E-state index is 13.2. The number of carbonyl (C=O) groups excluding carboxylic acids is 1. The zero-order chi connectivity index (χ0) is 22.5. The minimum atomic E-state index is -0.205. The number of benzene rings is 1. The number of ether oxygens (including phenoxy) is 2. The summed E-state index contributed by atoms with van der Waals surface area (Å²) in [6, 6.07) is 5.20. The van der Waals surface area contributed by atoms with Crippen molar-refractivity contribution in [3.63, 3.8) is 0 Å². The molecule has 7 nitrogen and oxygen atoms in total.